The van der Waals surface area contributed by atoms with E-state index in [2.05, 4.69) is 27.9 Å². The molecule has 0 unspecified atom stereocenters. The number of carbonyl (C=O) groups is 3. The number of amides is 4. The zero-order chi connectivity index (χ0) is 25.1. The second kappa shape index (κ2) is 10.4. The highest BCUT2D eigenvalue weighted by molar-refractivity contribution is 14.1. The Labute approximate surface area is 214 Å². The van der Waals surface area contributed by atoms with E-state index in [1.807, 2.05) is 0 Å². The maximum Gasteiger partial charge on any atom is 0.331 e. The maximum atomic E-state index is 13.0. The fourth-order valence-corrected chi connectivity index (χ4v) is 4.95. The van der Waals surface area contributed by atoms with Crippen molar-refractivity contribution in [1.29, 1.82) is 0 Å². The number of halogens is 1. The Kier molecular flexibility index (Phi) is 7.34. The first-order valence-corrected chi connectivity index (χ1v) is 12.0. The van der Waals surface area contributed by atoms with Crippen LogP contribution in [0.25, 0.3) is 6.08 Å². The molecule has 0 spiro atoms. The van der Waals surface area contributed by atoms with Crippen LogP contribution in [0.1, 0.15) is 36.8 Å². The van der Waals surface area contributed by atoms with Gasteiger partial charge in [0.25, 0.3) is 17.5 Å². The van der Waals surface area contributed by atoms with Crippen LogP contribution >= 0.6 is 22.6 Å². The summed E-state index contributed by atoms with van der Waals surface area (Å²) in [5.74, 6) is -0.492. The number of barbiturate groups is 1. The number of imide groups is 2. The van der Waals surface area contributed by atoms with E-state index in [1.165, 1.54) is 25.3 Å². The number of nitrogens with one attached hydrogen (secondary N) is 1. The molecule has 1 aliphatic heterocycles. The Morgan fingerprint density at radius 3 is 2.49 bits per heavy atom. The minimum absolute atomic E-state index is 0.00667. The number of nitro benzene ring substituents is 1. The summed E-state index contributed by atoms with van der Waals surface area (Å²) < 4.78 is 12.0. The largest absolute Gasteiger partial charge is 0.493 e. The van der Waals surface area contributed by atoms with E-state index in [0.717, 1.165) is 36.1 Å². The molecule has 2 aromatic carbocycles. The molecule has 1 aliphatic carbocycles. The second-order valence-electron chi connectivity index (χ2n) is 8.18. The van der Waals surface area contributed by atoms with E-state index in [-0.39, 0.29) is 23.9 Å². The van der Waals surface area contributed by atoms with Crippen molar-refractivity contribution in [3.63, 3.8) is 0 Å². The Morgan fingerprint density at radius 2 is 1.86 bits per heavy atom. The smallest absolute Gasteiger partial charge is 0.331 e. The highest BCUT2D eigenvalue weighted by atomic mass is 127. The maximum absolute atomic E-state index is 13.0. The van der Waals surface area contributed by atoms with E-state index in [0.29, 0.717) is 20.6 Å². The molecule has 4 rings (SSSR count). The third-order valence-electron chi connectivity index (χ3n) is 5.92. The summed E-state index contributed by atoms with van der Waals surface area (Å²) in [5.41, 5.74) is 1.15. The topological polar surface area (TPSA) is 128 Å². The summed E-state index contributed by atoms with van der Waals surface area (Å²) in [6.45, 7) is 0.157. The van der Waals surface area contributed by atoms with Gasteiger partial charge in [0.2, 0.25) is 0 Å². The lowest BCUT2D eigenvalue weighted by Crippen LogP contribution is -2.57. The van der Waals surface area contributed by atoms with Crippen LogP contribution in [0.4, 0.5) is 10.5 Å². The fraction of sp³-hybridized carbons (Fsp3) is 0.292. The molecule has 1 saturated heterocycles. The van der Waals surface area contributed by atoms with Gasteiger partial charge in [-0.15, -0.1) is 0 Å². The highest BCUT2D eigenvalue weighted by Crippen LogP contribution is 2.36. The minimum Gasteiger partial charge on any atom is -0.493 e. The number of methoxy groups -OCH3 is 1. The Bertz CT molecular complexity index is 1220. The van der Waals surface area contributed by atoms with Crippen molar-refractivity contribution in [2.45, 2.75) is 38.3 Å². The molecule has 2 aliphatic rings. The molecule has 2 fully saturated rings. The first kappa shape index (κ1) is 24.6. The molecule has 35 heavy (non-hydrogen) atoms. The van der Waals surface area contributed by atoms with Crippen molar-refractivity contribution in [2.24, 2.45) is 0 Å². The number of carbonyl (C=O) groups excluding carboxylic acids is 3. The van der Waals surface area contributed by atoms with Gasteiger partial charge in [-0.1, -0.05) is 12.8 Å². The van der Waals surface area contributed by atoms with Gasteiger partial charge < -0.3 is 9.47 Å². The number of nitrogens with zero attached hydrogens (tertiary/aromatic N) is 2. The van der Waals surface area contributed by atoms with Crippen LogP contribution in [-0.2, 0) is 16.2 Å². The molecule has 182 valence electrons. The number of hydrogen-bond donors (Lipinski definition) is 1. The van der Waals surface area contributed by atoms with Crippen molar-refractivity contribution < 1.29 is 28.8 Å². The summed E-state index contributed by atoms with van der Waals surface area (Å²) in [6.07, 6.45) is 4.77. The normalized spacial score (nSPS) is 17.6. The van der Waals surface area contributed by atoms with Gasteiger partial charge in [-0.3, -0.25) is 29.9 Å². The summed E-state index contributed by atoms with van der Waals surface area (Å²) in [6, 6.07) is 8.52. The number of hydrogen-bond acceptors (Lipinski definition) is 7. The standard InChI is InChI=1S/C24H22IN3O7/c1-34-20-12-15(10-18-22(29)26-24(31)27(23(18)30)16-4-2-3-5-16)11-19(25)21(20)35-13-14-6-8-17(9-7-14)28(32)33/h6-12,16H,2-5,13H2,1H3,(H,26,29,31)/b18-10+. The second-order valence-corrected chi connectivity index (χ2v) is 9.34. The zero-order valence-electron chi connectivity index (χ0n) is 18.8. The third kappa shape index (κ3) is 5.29. The van der Waals surface area contributed by atoms with Crippen LogP contribution in [0.3, 0.4) is 0 Å². The molecule has 1 heterocycles. The zero-order valence-corrected chi connectivity index (χ0v) is 20.9. The lowest BCUT2D eigenvalue weighted by molar-refractivity contribution is -0.384. The van der Waals surface area contributed by atoms with Crippen LogP contribution in [0.5, 0.6) is 11.5 Å². The van der Waals surface area contributed by atoms with Crippen molar-refractivity contribution >= 4 is 52.2 Å². The van der Waals surface area contributed by atoms with Crippen LogP contribution in [0.2, 0.25) is 0 Å². The third-order valence-corrected chi connectivity index (χ3v) is 6.72. The number of rotatable bonds is 7. The molecule has 11 heteroatoms. The summed E-state index contributed by atoms with van der Waals surface area (Å²) in [7, 11) is 1.47. The molecule has 0 atom stereocenters. The Morgan fingerprint density at radius 1 is 1.17 bits per heavy atom. The van der Waals surface area contributed by atoms with Crippen LogP contribution in [-0.4, -0.2) is 40.8 Å². The van der Waals surface area contributed by atoms with Gasteiger partial charge in [-0.05, 0) is 76.9 Å². The first-order valence-electron chi connectivity index (χ1n) is 10.9. The average molecular weight is 591 g/mol. The highest BCUT2D eigenvalue weighted by Gasteiger charge is 2.40. The number of ether oxygens (including phenoxy) is 2. The van der Waals surface area contributed by atoms with Gasteiger partial charge in [0.05, 0.1) is 15.6 Å². The van der Waals surface area contributed by atoms with E-state index < -0.39 is 22.8 Å². The van der Waals surface area contributed by atoms with Crippen molar-refractivity contribution in [3.8, 4) is 11.5 Å². The number of non-ortho nitro benzene ring substituents is 1. The van der Waals surface area contributed by atoms with Crippen LogP contribution in [0.15, 0.2) is 42.0 Å². The van der Waals surface area contributed by atoms with Gasteiger partial charge in [0.15, 0.2) is 11.5 Å². The molecular weight excluding hydrogens is 569 g/mol. The monoisotopic (exact) mass is 591 g/mol. The lowest BCUT2D eigenvalue weighted by atomic mass is 10.0. The molecule has 4 amide bonds. The van der Waals surface area contributed by atoms with Crippen molar-refractivity contribution in [2.75, 3.05) is 7.11 Å². The molecule has 2 aromatic rings. The Hall–Kier alpha value is -3.48. The van der Waals surface area contributed by atoms with Gasteiger partial charge in [0.1, 0.15) is 12.2 Å². The van der Waals surface area contributed by atoms with Gasteiger partial charge in [-0.2, -0.15) is 0 Å². The summed E-state index contributed by atoms with van der Waals surface area (Å²) in [4.78, 5) is 49.3. The van der Waals surface area contributed by atoms with Crippen molar-refractivity contribution in [3.05, 3.63) is 66.8 Å². The predicted octanol–water partition coefficient (Wildman–Crippen LogP) is 4.19. The lowest BCUT2D eigenvalue weighted by Gasteiger charge is -2.31. The molecule has 0 bridgehead atoms. The van der Waals surface area contributed by atoms with Gasteiger partial charge in [-0.25, -0.2) is 4.79 Å². The average Bonchev–Trinajstić information content (AvgIpc) is 3.35. The number of nitro groups is 1. The molecule has 0 aromatic heterocycles. The predicted molar refractivity (Wildman–Crippen MR) is 134 cm³/mol. The molecule has 0 radical (unpaired) electrons. The summed E-state index contributed by atoms with van der Waals surface area (Å²) in [5, 5.41) is 13.1. The van der Waals surface area contributed by atoms with Crippen LogP contribution < -0.4 is 14.8 Å². The van der Waals surface area contributed by atoms with Gasteiger partial charge in [0, 0.05) is 18.2 Å². The fourth-order valence-electron chi connectivity index (χ4n) is 4.16. The summed E-state index contributed by atoms with van der Waals surface area (Å²) >= 11 is 2.06. The first-order chi connectivity index (χ1) is 16.8. The number of benzene rings is 2. The Balaban J connectivity index is 1.57. The van der Waals surface area contributed by atoms with Crippen LogP contribution in [0, 0.1) is 13.7 Å². The van der Waals surface area contributed by atoms with Crippen molar-refractivity contribution in [1.82, 2.24) is 10.2 Å². The number of urea groups is 1. The molecule has 1 N–H and O–H groups in total. The quantitative estimate of drug-likeness (QED) is 0.168. The van der Waals surface area contributed by atoms with Gasteiger partial charge >= 0.3 is 6.03 Å². The van der Waals surface area contributed by atoms with E-state index in [9.17, 15) is 24.5 Å². The van der Waals surface area contributed by atoms with E-state index in [1.54, 1.807) is 24.3 Å². The SMILES string of the molecule is COc1cc(/C=C2\C(=O)NC(=O)N(C3CCCC3)C2=O)cc(I)c1OCc1ccc([N+](=O)[O-])cc1. The van der Waals surface area contributed by atoms with E-state index >= 15 is 0 Å². The molecular formula is C24H22IN3O7. The van der Waals surface area contributed by atoms with E-state index in [4.69, 9.17) is 9.47 Å². The minimum atomic E-state index is -0.735. The molecule has 10 nitrogen and oxygen atoms in total. The molecule has 1 saturated carbocycles.